The highest BCUT2D eigenvalue weighted by Crippen LogP contribution is 2.28. The van der Waals surface area contributed by atoms with Crippen LogP contribution in [0, 0.1) is 11.8 Å². The molecular formula is C10H12O7. The van der Waals surface area contributed by atoms with Crippen LogP contribution in [-0.2, 0) is 33.4 Å². The van der Waals surface area contributed by atoms with Crippen LogP contribution in [0.1, 0.15) is 12.8 Å². The van der Waals surface area contributed by atoms with E-state index in [1.54, 1.807) is 0 Å². The van der Waals surface area contributed by atoms with Crippen molar-refractivity contribution in [3.63, 3.8) is 0 Å². The van der Waals surface area contributed by atoms with Crippen molar-refractivity contribution in [2.45, 2.75) is 12.8 Å². The van der Waals surface area contributed by atoms with Gasteiger partial charge in [0.15, 0.2) is 0 Å². The molecule has 1 fully saturated rings. The first-order valence-corrected chi connectivity index (χ1v) is 4.88. The molecule has 0 bridgehead atoms. The molecule has 1 rings (SSSR count). The van der Waals surface area contributed by atoms with Crippen LogP contribution >= 0.6 is 0 Å². The van der Waals surface area contributed by atoms with Crippen molar-refractivity contribution in [3.8, 4) is 0 Å². The van der Waals surface area contributed by atoms with E-state index in [9.17, 15) is 19.2 Å². The minimum atomic E-state index is -1.05. The summed E-state index contributed by atoms with van der Waals surface area (Å²) in [6, 6.07) is 0. The number of esters is 4. The average Bonchev–Trinajstić information content (AvgIpc) is 2.63. The van der Waals surface area contributed by atoms with Gasteiger partial charge in [0.05, 0.1) is 38.9 Å². The summed E-state index contributed by atoms with van der Waals surface area (Å²) in [5.41, 5.74) is 0. The van der Waals surface area contributed by atoms with Crippen LogP contribution in [0.2, 0.25) is 0 Å². The Morgan fingerprint density at radius 3 is 2.41 bits per heavy atom. The number of rotatable bonds is 4. The van der Waals surface area contributed by atoms with Crippen LogP contribution in [0.25, 0.3) is 0 Å². The van der Waals surface area contributed by atoms with Gasteiger partial charge in [-0.1, -0.05) is 0 Å². The quantitative estimate of drug-likeness (QED) is 0.371. The number of cyclic esters (lactones) is 2. The summed E-state index contributed by atoms with van der Waals surface area (Å²) in [4.78, 5) is 44.8. The number of carbonyl (C=O) groups excluding carboxylic acids is 4. The van der Waals surface area contributed by atoms with E-state index in [0.717, 1.165) is 14.2 Å². The average molecular weight is 244 g/mol. The SMILES string of the molecule is COC(=O)CC(C(=O)OC)C1CC(=O)OC1=O. The molecule has 0 aromatic heterocycles. The Labute approximate surface area is 97.0 Å². The molecule has 1 aliphatic rings. The molecule has 2 unspecified atom stereocenters. The fourth-order valence-electron chi connectivity index (χ4n) is 1.60. The van der Waals surface area contributed by atoms with Gasteiger partial charge in [0, 0.05) is 0 Å². The predicted molar refractivity (Wildman–Crippen MR) is 51.3 cm³/mol. The topological polar surface area (TPSA) is 96.0 Å². The van der Waals surface area contributed by atoms with E-state index < -0.39 is 35.7 Å². The summed E-state index contributed by atoms with van der Waals surface area (Å²) >= 11 is 0. The first-order chi connectivity index (χ1) is 7.99. The summed E-state index contributed by atoms with van der Waals surface area (Å²) in [7, 11) is 2.30. The maximum atomic E-state index is 11.5. The minimum absolute atomic E-state index is 0.227. The van der Waals surface area contributed by atoms with Gasteiger partial charge in [-0.2, -0.15) is 0 Å². The monoisotopic (exact) mass is 244 g/mol. The molecule has 7 nitrogen and oxygen atoms in total. The summed E-state index contributed by atoms with van der Waals surface area (Å²) in [5, 5.41) is 0. The van der Waals surface area contributed by atoms with Crippen molar-refractivity contribution in [2.24, 2.45) is 11.8 Å². The molecule has 0 saturated carbocycles. The molecule has 17 heavy (non-hydrogen) atoms. The van der Waals surface area contributed by atoms with Crippen LogP contribution in [-0.4, -0.2) is 38.1 Å². The number of ether oxygens (including phenoxy) is 3. The van der Waals surface area contributed by atoms with Gasteiger partial charge < -0.3 is 14.2 Å². The minimum Gasteiger partial charge on any atom is -0.469 e. The molecule has 0 radical (unpaired) electrons. The van der Waals surface area contributed by atoms with Gasteiger partial charge in [0.25, 0.3) is 0 Å². The number of carbonyl (C=O) groups is 4. The standard InChI is InChI=1S/C10H12O7/c1-15-7(11)3-5(9(13)16-2)6-4-8(12)17-10(6)14/h5-6H,3-4H2,1-2H3. The van der Waals surface area contributed by atoms with Gasteiger partial charge in [-0.15, -0.1) is 0 Å². The summed E-state index contributed by atoms with van der Waals surface area (Å²) < 4.78 is 13.2. The zero-order chi connectivity index (χ0) is 13.0. The summed E-state index contributed by atoms with van der Waals surface area (Å²) in [5.74, 6) is -4.95. The smallest absolute Gasteiger partial charge is 0.318 e. The van der Waals surface area contributed by atoms with Crippen LogP contribution in [0.15, 0.2) is 0 Å². The molecule has 0 spiro atoms. The molecular weight excluding hydrogens is 232 g/mol. The lowest BCUT2D eigenvalue weighted by molar-refractivity contribution is -0.159. The second-order valence-corrected chi connectivity index (χ2v) is 3.51. The normalized spacial score (nSPS) is 20.7. The largest absolute Gasteiger partial charge is 0.469 e. The number of hydrogen-bond acceptors (Lipinski definition) is 7. The molecule has 0 N–H and O–H groups in total. The van der Waals surface area contributed by atoms with E-state index in [2.05, 4.69) is 14.2 Å². The third-order valence-corrected chi connectivity index (χ3v) is 2.51. The first kappa shape index (κ1) is 13.1. The molecule has 0 aromatic carbocycles. The lowest BCUT2D eigenvalue weighted by Gasteiger charge is -2.16. The van der Waals surface area contributed by atoms with Crippen LogP contribution in [0.5, 0.6) is 0 Å². The van der Waals surface area contributed by atoms with Gasteiger partial charge in [-0.25, -0.2) is 0 Å². The molecule has 1 aliphatic heterocycles. The van der Waals surface area contributed by atoms with Crippen molar-refractivity contribution >= 4 is 23.9 Å². The molecule has 94 valence electrons. The highest BCUT2D eigenvalue weighted by molar-refractivity contribution is 5.97. The maximum Gasteiger partial charge on any atom is 0.318 e. The molecule has 1 saturated heterocycles. The fraction of sp³-hybridized carbons (Fsp3) is 0.600. The first-order valence-electron chi connectivity index (χ1n) is 4.88. The predicted octanol–water partition coefficient (Wildman–Crippen LogP) is -0.572. The lowest BCUT2D eigenvalue weighted by atomic mass is 9.88. The van der Waals surface area contributed by atoms with E-state index >= 15 is 0 Å². The van der Waals surface area contributed by atoms with Crippen LogP contribution in [0.4, 0.5) is 0 Å². The zero-order valence-electron chi connectivity index (χ0n) is 9.43. The Balaban J connectivity index is 2.82. The second kappa shape index (κ2) is 5.42. The van der Waals surface area contributed by atoms with E-state index in [1.165, 1.54) is 0 Å². The van der Waals surface area contributed by atoms with Crippen molar-refractivity contribution in [3.05, 3.63) is 0 Å². The van der Waals surface area contributed by atoms with E-state index in [1.807, 2.05) is 0 Å². The summed E-state index contributed by atoms with van der Waals surface area (Å²) in [6.45, 7) is 0. The highest BCUT2D eigenvalue weighted by Gasteiger charge is 2.44. The lowest BCUT2D eigenvalue weighted by Crippen LogP contribution is -2.30. The van der Waals surface area contributed by atoms with Crippen molar-refractivity contribution in [2.75, 3.05) is 14.2 Å². The van der Waals surface area contributed by atoms with E-state index in [0.29, 0.717) is 0 Å². The number of hydrogen-bond donors (Lipinski definition) is 0. The Bertz CT molecular complexity index is 360. The third-order valence-electron chi connectivity index (χ3n) is 2.51. The van der Waals surface area contributed by atoms with Gasteiger partial charge in [-0.05, 0) is 0 Å². The van der Waals surface area contributed by atoms with Crippen LogP contribution in [0.3, 0.4) is 0 Å². The molecule has 7 heteroatoms. The number of methoxy groups -OCH3 is 2. The zero-order valence-corrected chi connectivity index (χ0v) is 9.43. The highest BCUT2D eigenvalue weighted by atomic mass is 16.6. The summed E-state index contributed by atoms with van der Waals surface area (Å²) in [6.07, 6.45) is -0.550. The van der Waals surface area contributed by atoms with E-state index in [4.69, 9.17) is 0 Å². The van der Waals surface area contributed by atoms with Gasteiger partial charge >= 0.3 is 23.9 Å². The molecule has 0 aliphatic carbocycles. The molecule has 1 heterocycles. The van der Waals surface area contributed by atoms with Gasteiger partial charge in [0.2, 0.25) is 0 Å². The Hall–Kier alpha value is -1.92. The van der Waals surface area contributed by atoms with Crippen molar-refractivity contribution in [1.29, 1.82) is 0 Å². The van der Waals surface area contributed by atoms with Gasteiger partial charge in [0.1, 0.15) is 0 Å². The van der Waals surface area contributed by atoms with Crippen LogP contribution < -0.4 is 0 Å². The third kappa shape index (κ3) is 3.02. The van der Waals surface area contributed by atoms with Crippen molar-refractivity contribution < 1.29 is 33.4 Å². The Morgan fingerprint density at radius 1 is 1.35 bits per heavy atom. The van der Waals surface area contributed by atoms with Gasteiger partial charge in [-0.3, -0.25) is 19.2 Å². The maximum absolute atomic E-state index is 11.5. The fourth-order valence-corrected chi connectivity index (χ4v) is 1.60. The Kier molecular flexibility index (Phi) is 4.19. The second-order valence-electron chi connectivity index (χ2n) is 3.51. The van der Waals surface area contributed by atoms with E-state index in [-0.39, 0.29) is 12.8 Å². The Morgan fingerprint density at radius 2 is 2.00 bits per heavy atom. The molecule has 0 amide bonds. The van der Waals surface area contributed by atoms with Crippen molar-refractivity contribution in [1.82, 2.24) is 0 Å². The molecule has 2 atom stereocenters. The molecule has 0 aromatic rings.